The average Bonchev–Trinajstić information content (AvgIpc) is 3.13. The normalized spacial score (nSPS) is 17.4. The van der Waals surface area contributed by atoms with Gasteiger partial charge in [0.15, 0.2) is 0 Å². The summed E-state index contributed by atoms with van der Waals surface area (Å²) < 4.78 is 0. The minimum atomic E-state index is 1.15. The lowest BCUT2D eigenvalue weighted by molar-refractivity contribution is 0.708. The fourth-order valence-electron chi connectivity index (χ4n) is 2.77. The molecular formula is C26H32N. The van der Waals surface area contributed by atoms with Gasteiger partial charge in [0, 0.05) is 19.7 Å². The largest absolute Gasteiger partial charge is 0.297 e. The number of hydrogen-bond acceptors (Lipinski definition) is 1. The summed E-state index contributed by atoms with van der Waals surface area (Å²) in [5.74, 6) is 0. The molecule has 1 nitrogen and oxygen atoms in total. The van der Waals surface area contributed by atoms with Crippen molar-refractivity contribution in [3.63, 3.8) is 0 Å². The van der Waals surface area contributed by atoms with Crippen molar-refractivity contribution < 1.29 is 0 Å². The van der Waals surface area contributed by atoms with Crippen LogP contribution in [0.4, 0.5) is 0 Å². The Kier molecular flexibility index (Phi) is 11.2. The van der Waals surface area contributed by atoms with Gasteiger partial charge < -0.3 is 0 Å². The first-order chi connectivity index (χ1) is 13.1. The van der Waals surface area contributed by atoms with Crippen molar-refractivity contribution in [1.82, 2.24) is 0 Å². The topological polar surface area (TPSA) is 12.4 Å². The molecule has 0 unspecified atom stereocenters. The van der Waals surface area contributed by atoms with Crippen LogP contribution in [-0.4, -0.2) is 13.3 Å². The summed E-state index contributed by atoms with van der Waals surface area (Å²) in [6, 6.07) is 0. The van der Waals surface area contributed by atoms with Crippen molar-refractivity contribution in [2.75, 3.05) is 7.05 Å². The molecule has 0 spiro atoms. The highest BCUT2D eigenvalue weighted by molar-refractivity contribution is 5.73. The van der Waals surface area contributed by atoms with E-state index in [1.54, 1.807) is 25.4 Å². The Bertz CT molecular complexity index is 730. The van der Waals surface area contributed by atoms with E-state index < -0.39 is 0 Å². The molecule has 0 aromatic heterocycles. The molecule has 0 bridgehead atoms. The third-order valence-electron chi connectivity index (χ3n) is 4.19. The van der Waals surface area contributed by atoms with Crippen LogP contribution in [0.2, 0.25) is 0 Å². The molecule has 0 atom stereocenters. The van der Waals surface area contributed by atoms with E-state index in [1.807, 2.05) is 30.4 Å². The third-order valence-corrected chi connectivity index (χ3v) is 4.19. The van der Waals surface area contributed by atoms with Crippen molar-refractivity contribution in [2.24, 2.45) is 4.99 Å². The fourth-order valence-corrected chi connectivity index (χ4v) is 2.77. The number of allylic oxidation sites excluding steroid dienone is 15. The highest BCUT2D eigenvalue weighted by atomic mass is 14.6. The predicted octanol–water partition coefficient (Wildman–Crippen LogP) is 7.23. The van der Waals surface area contributed by atoms with Gasteiger partial charge in [0.25, 0.3) is 0 Å². The minimum absolute atomic E-state index is 1.15. The quantitative estimate of drug-likeness (QED) is 0.336. The van der Waals surface area contributed by atoms with E-state index in [0.29, 0.717) is 0 Å². The standard InChI is InChI=1S/C14H16N.C12H16/c1-4-6-13(7-5-10-15-3)14-9-8-12(2)11-14;1-3-4-8-11(2)12-9-6-5-7-10-12/h4-11H,1H2,2-3H3;3-4,8-9H,1-2,5-7,10H2/b7-5-,13-6+,15-10?;8-4-. The van der Waals surface area contributed by atoms with Gasteiger partial charge >= 0.3 is 0 Å². The first kappa shape index (κ1) is 22.4. The molecule has 0 fully saturated rings. The van der Waals surface area contributed by atoms with E-state index in [-0.39, 0.29) is 0 Å². The van der Waals surface area contributed by atoms with Gasteiger partial charge in [0.2, 0.25) is 0 Å². The molecule has 27 heavy (non-hydrogen) atoms. The molecule has 0 heterocycles. The van der Waals surface area contributed by atoms with Gasteiger partial charge in [0.05, 0.1) is 0 Å². The average molecular weight is 359 g/mol. The Labute approximate surface area is 166 Å². The van der Waals surface area contributed by atoms with Crippen molar-refractivity contribution >= 4 is 6.21 Å². The number of aliphatic imine (C=N–C) groups is 1. The molecule has 141 valence electrons. The van der Waals surface area contributed by atoms with E-state index in [1.165, 1.54) is 42.4 Å². The molecule has 1 radical (unpaired) electrons. The summed E-state index contributed by atoms with van der Waals surface area (Å²) >= 11 is 0. The lowest BCUT2D eigenvalue weighted by Crippen LogP contribution is -1.92. The van der Waals surface area contributed by atoms with Gasteiger partial charge in [-0.3, -0.25) is 4.99 Å². The molecule has 0 N–H and O–H groups in total. The Hall–Kier alpha value is -2.67. The van der Waals surface area contributed by atoms with Crippen molar-refractivity contribution in [1.29, 1.82) is 0 Å². The second-order valence-corrected chi connectivity index (χ2v) is 6.40. The van der Waals surface area contributed by atoms with Crippen molar-refractivity contribution in [3.05, 3.63) is 115 Å². The molecule has 0 aromatic rings. The molecule has 1 heteroatoms. The highest BCUT2D eigenvalue weighted by Crippen LogP contribution is 2.24. The first-order valence-corrected chi connectivity index (χ1v) is 9.45. The van der Waals surface area contributed by atoms with Crippen LogP contribution in [0.25, 0.3) is 0 Å². The summed E-state index contributed by atoms with van der Waals surface area (Å²) in [5, 5.41) is 0. The Morgan fingerprint density at radius 2 is 1.93 bits per heavy atom. The van der Waals surface area contributed by atoms with E-state index in [2.05, 4.69) is 56.3 Å². The van der Waals surface area contributed by atoms with Crippen molar-refractivity contribution in [2.45, 2.75) is 32.6 Å². The SMILES string of the molecule is C=C/C=C(\C=C/C=NC)C1=C[CH]C(C)=C1.C=C/C=C\C(=C)C1=CCCCC1. The van der Waals surface area contributed by atoms with Gasteiger partial charge in [-0.15, -0.1) is 0 Å². The van der Waals surface area contributed by atoms with E-state index in [0.717, 1.165) is 11.1 Å². The first-order valence-electron chi connectivity index (χ1n) is 9.45. The molecule has 0 saturated carbocycles. The zero-order chi connectivity index (χ0) is 19.9. The van der Waals surface area contributed by atoms with Gasteiger partial charge in [0.1, 0.15) is 0 Å². The second-order valence-electron chi connectivity index (χ2n) is 6.40. The van der Waals surface area contributed by atoms with Crippen LogP contribution in [0.3, 0.4) is 0 Å². The lowest BCUT2D eigenvalue weighted by atomic mass is 9.94. The fraction of sp³-hybridized carbons (Fsp3) is 0.231. The summed E-state index contributed by atoms with van der Waals surface area (Å²) in [6.45, 7) is 13.5. The van der Waals surface area contributed by atoms with E-state index in [9.17, 15) is 0 Å². The zero-order valence-electron chi connectivity index (χ0n) is 16.8. The molecule has 2 aliphatic rings. The number of nitrogens with zero attached hydrogens (tertiary/aromatic N) is 1. The maximum atomic E-state index is 4.01. The van der Waals surface area contributed by atoms with E-state index >= 15 is 0 Å². The summed E-state index contributed by atoms with van der Waals surface area (Å²) in [6.07, 6.45) is 29.0. The van der Waals surface area contributed by atoms with Gasteiger partial charge in [-0.2, -0.15) is 0 Å². The number of hydrogen-bond donors (Lipinski definition) is 0. The number of rotatable bonds is 7. The molecule has 0 aliphatic heterocycles. The van der Waals surface area contributed by atoms with Gasteiger partial charge in [-0.05, 0) is 61.0 Å². The van der Waals surface area contributed by atoms with Crippen LogP contribution in [0, 0.1) is 6.42 Å². The maximum absolute atomic E-state index is 4.01. The minimum Gasteiger partial charge on any atom is -0.297 e. The van der Waals surface area contributed by atoms with Crippen molar-refractivity contribution in [3.8, 4) is 0 Å². The van der Waals surface area contributed by atoms with Crippen LogP contribution in [-0.2, 0) is 0 Å². The monoisotopic (exact) mass is 358 g/mol. The van der Waals surface area contributed by atoms with Crippen LogP contribution >= 0.6 is 0 Å². The summed E-state index contributed by atoms with van der Waals surface area (Å²) in [5.41, 5.74) is 6.21. The molecular weight excluding hydrogens is 326 g/mol. The Morgan fingerprint density at radius 3 is 2.48 bits per heavy atom. The molecule has 0 aromatic carbocycles. The molecule has 2 rings (SSSR count). The Balaban J connectivity index is 0.000000277. The predicted molar refractivity (Wildman–Crippen MR) is 123 cm³/mol. The Morgan fingerprint density at radius 1 is 1.11 bits per heavy atom. The highest BCUT2D eigenvalue weighted by Gasteiger charge is 2.05. The van der Waals surface area contributed by atoms with Crippen LogP contribution in [0.1, 0.15) is 32.6 Å². The summed E-state index contributed by atoms with van der Waals surface area (Å²) in [7, 11) is 1.76. The lowest BCUT2D eigenvalue weighted by Gasteiger charge is -2.12. The molecule has 2 aliphatic carbocycles. The van der Waals surface area contributed by atoms with Gasteiger partial charge in [-0.1, -0.05) is 80.0 Å². The van der Waals surface area contributed by atoms with Crippen LogP contribution in [0.15, 0.2) is 113 Å². The van der Waals surface area contributed by atoms with Crippen LogP contribution < -0.4 is 0 Å². The third kappa shape index (κ3) is 9.01. The van der Waals surface area contributed by atoms with Gasteiger partial charge in [-0.25, -0.2) is 0 Å². The molecule has 0 amide bonds. The summed E-state index contributed by atoms with van der Waals surface area (Å²) in [4.78, 5) is 3.90. The molecule has 0 saturated heterocycles. The zero-order valence-corrected chi connectivity index (χ0v) is 16.8. The second kappa shape index (κ2) is 13.5. The van der Waals surface area contributed by atoms with E-state index in [4.69, 9.17) is 0 Å². The van der Waals surface area contributed by atoms with Crippen LogP contribution in [0.5, 0.6) is 0 Å². The maximum Gasteiger partial charge on any atom is 0.0277 e. The smallest absolute Gasteiger partial charge is 0.0277 e.